The lowest BCUT2D eigenvalue weighted by Crippen LogP contribution is -1.85. The molecule has 0 spiro atoms. The summed E-state index contributed by atoms with van der Waals surface area (Å²) in [4.78, 5) is 8.38. The second kappa shape index (κ2) is 7.30. The molecule has 168 valence electrons. The third-order valence-corrected chi connectivity index (χ3v) is 7.24. The quantitative estimate of drug-likeness (QED) is 0.279. The number of nitrogens with one attached hydrogen (secondary N) is 1. The fraction of sp³-hybridized carbons (Fsp3) is 0. The van der Waals surface area contributed by atoms with E-state index in [4.69, 9.17) is 4.42 Å². The summed E-state index contributed by atoms with van der Waals surface area (Å²) in [5, 5.41) is 7.51. The van der Waals surface area contributed by atoms with Gasteiger partial charge in [0.25, 0.3) is 0 Å². The number of hydrogen-bond acceptors (Lipinski definition) is 2. The largest absolute Gasteiger partial charge is 0.436 e. The van der Waals surface area contributed by atoms with E-state index in [0.29, 0.717) is 5.89 Å². The number of hydrogen-bond donors (Lipinski definition) is 1. The van der Waals surface area contributed by atoms with Crippen LogP contribution in [0.5, 0.6) is 0 Å². The Balaban J connectivity index is 1.37. The SMILES string of the molecule is c1ccc2c(c1)ccc1[nH]c3c4ccccc4c(-c4ccc(-c5nc6ccccc6o5)cc4)cc3c12. The summed E-state index contributed by atoms with van der Waals surface area (Å²) < 4.78 is 5.99. The highest BCUT2D eigenvalue weighted by atomic mass is 16.3. The van der Waals surface area contributed by atoms with Crippen molar-refractivity contribution in [3.8, 4) is 22.6 Å². The molecule has 0 radical (unpaired) electrons. The Bertz CT molecular complexity index is 2060. The maximum atomic E-state index is 5.99. The number of aromatic nitrogens is 2. The third-order valence-electron chi connectivity index (χ3n) is 7.24. The van der Waals surface area contributed by atoms with Gasteiger partial charge in [0, 0.05) is 27.2 Å². The average Bonchev–Trinajstić information content (AvgIpc) is 3.55. The molecular formula is C33H20N2O. The molecule has 0 unspecified atom stereocenters. The van der Waals surface area contributed by atoms with Crippen LogP contribution in [0.1, 0.15) is 0 Å². The van der Waals surface area contributed by atoms with Crippen molar-refractivity contribution in [1.82, 2.24) is 9.97 Å². The molecule has 1 N–H and O–H groups in total. The van der Waals surface area contributed by atoms with Crippen LogP contribution in [0.15, 0.2) is 120 Å². The van der Waals surface area contributed by atoms with Crippen LogP contribution in [0.3, 0.4) is 0 Å². The normalized spacial score (nSPS) is 11.9. The summed E-state index contributed by atoms with van der Waals surface area (Å²) in [7, 11) is 0. The van der Waals surface area contributed by atoms with Crippen LogP contribution < -0.4 is 0 Å². The minimum atomic E-state index is 0.645. The maximum Gasteiger partial charge on any atom is 0.227 e. The van der Waals surface area contributed by atoms with E-state index >= 15 is 0 Å². The van der Waals surface area contributed by atoms with Gasteiger partial charge in [-0.25, -0.2) is 4.98 Å². The standard InChI is InChI=1S/C33H20N2O/c1-2-8-23-20(7-1)17-18-29-31(23)27-19-26(24-9-3-4-10-25(24)32(27)34-29)21-13-15-22(16-14-21)33-35-28-11-5-6-12-30(28)36-33/h1-19,34H. The molecule has 0 saturated heterocycles. The first-order valence-corrected chi connectivity index (χ1v) is 12.1. The molecule has 0 aliphatic carbocycles. The van der Waals surface area contributed by atoms with Crippen molar-refractivity contribution in [1.29, 1.82) is 0 Å². The Labute approximate surface area is 206 Å². The van der Waals surface area contributed by atoms with Gasteiger partial charge in [0.1, 0.15) is 5.52 Å². The number of benzene rings is 6. The zero-order valence-corrected chi connectivity index (χ0v) is 19.3. The van der Waals surface area contributed by atoms with E-state index in [-0.39, 0.29) is 0 Å². The number of oxazole rings is 1. The minimum absolute atomic E-state index is 0.645. The van der Waals surface area contributed by atoms with Gasteiger partial charge in [-0.15, -0.1) is 0 Å². The summed E-state index contributed by atoms with van der Waals surface area (Å²) in [5.74, 6) is 0.645. The van der Waals surface area contributed by atoms with Crippen LogP contribution in [-0.2, 0) is 0 Å². The summed E-state index contributed by atoms with van der Waals surface area (Å²) in [6.07, 6.45) is 0. The van der Waals surface area contributed by atoms with Crippen molar-refractivity contribution in [2.45, 2.75) is 0 Å². The van der Waals surface area contributed by atoms with E-state index in [1.807, 2.05) is 24.3 Å². The molecule has 8 rings (SSSR count). The van der Waals surface area contributed by atoms with Gasteiger partial charge >= 0.3 is 0 Å². The molecule has 3 nitrogen and oxygen atoms in total. The Morgan fingerprint density at radius 3 is 2.17 bits per heavy atom. The molecule has 0 bridgehead atoms. The Kier molecular flexibility index (Phi) is 3.94. The molecule has 6 aromatic carbocycles. The summed E-state index contributed by atoms with van der Waals surface area (Å²) in [6, 6.07) is 40.4. The zero-order valence-electron chi connectivity index (χ0n) is 19.3. The van der Waals surface area contributed by atoms with Gasteiger partial charge in [-0.1, -0.05) is 78.9 Å². The van der Waals surface area contributed by atoms with Gasteiger partial charge in [-0.2, -0.15) is 0 Å². The van der Waals surface area contributed by atoms with Gasteiger partial charge < -0.3 is 9.40 Å². The van der Waals surface area contributed by atoms with Crippen LogP contribution in [-0.4, -0.2) is 9.97 Å². The smallest absolute Gasteiger partial charge is 0.227 e. The summed E-state index contributed by atoms with van der Waals surface area (Å²) >= 11 is 0. The highest BCUT2D eigenvalue weighted by Gasteiger charge is 2.15. The fourth-order valence-electron chi connectivity index (χ4n) is 5.53. The average molecular weight is 461 g/mol. The van der Waals surface area contributed by atoms with Gasteiger partial charge in [0.2, 0.25) is 5.89 Å². The fourth-order valence-corrected chi connectivity index (χ4v) is 5.53. The molecule has 2 aromatic heterocycles. The van der Waals surface area contributed by atoms with Crippen LogP contribution in [0, 0.1) is 0 Å². The van der Waals surface area contributed by atoms with Gasteiger partial charge in [0.15, 0.2) is 5.58 Å². The predicted molar refractivity (Wildman–Crippen MR) is 149 cm³/mol. The Morgan fingerprint density at radius 1 is 0.583 bits per heavy atom. The van der Waals surface area contributed by atoms with E-state index in [2.05, 4.69) is 101 Å². The lowest BCUT2D eigenvalue weighted by molar-refractivity contribution is 0.620. The lowest BCUT2D eigenvalue weighted by atomic mass is 9.94. The molecular weight excluding hydrogens is 440 g/mol. The van der Waals surface area contributed by atoms with Crippen molar-refractivity contribution in [3.63, 3.8) is 0 Å². The van der Waals surface area contributed by atoms with Crippen molar-refractivity contribution >= 4 is 54.5 Å². The second-order valence-electron chi connectivity index (χ2n) is 9.29. The highest BCUT2D eigenvalue weighted by Crippen LogP contribution is 2.40. The number of rotatable bonds is 2. The molecule has 0 atom stereocenters. The Hall–Kier alpha value is -4.89. The highest BCUT2D eigenvalue weighted by molar-refractivity contribution is 6.26. The minimum Gasteiger partial charge on any atom is -0.436 e. The first-order valence-electron chi connectivity index (χ1n) is 12.1. The molecule has 3 heteroatoms. The number of aromatic amines is 1. The van der Waals surface area contributed by atoms with Crippen molar-refractivity contribution in [2.24, 2.45) is 0 Å². The summed E-state index contributed by atoms with van der Waals surface area (Å²) in [5.41, 5.74) is 7.39. The van der Waals surface area contributed by atoms with E-state index in [0.717, 1.165) is 22.2 Å². The number of para-hydroxylation sites is 2. The first-order chi connectivity index (χ1) is 17.8. The number of fused-ring (bicyclic) bond motifs is 8. The molecule has 0 saturated carbocycles. The van der Waals surface area contributed by atoms with E-state index in [1.165, 1.54) is 49.0 Å². The first kappa shape index (κ1) is 19.4. The van der Waals surface area contributed by atoms with Crippen molar-refractivity contribution in [3.05, 3.63) is 115 Å². The molecule has 36 heavy (non-hydrogen) atoms. The van der Waals surface area contributed by atoms with Crippen LogP contribution in [0.2, 0.25) is 0 Å². The molecule has 8 aromatic rings. The predicted octanol–water partition coefficient (Wildman–Crippen LogP) is 9.10. The van der Waals surface area contributed by atoms with E-state index < -0.39 is 0 Å². The lowest BCUT2D eigenvalue weighted by Gasteiger charge is -2.10. The topological polar surface area (TPSA) is 41.8 Å². The number of H-pyrrole nitrogens is 1. The second-order valence-corrected chi connectivity index (χ2v) is 9.29. The number of nitrogens with zero attached hydrogens (tertiary/aromatic N) is 1. The summed E-state index contributed by atoms with van der Waals surface area (Å²) in [6.45, 7) is 0. The van der Waals surface area contributed by atoms with Crippen LogP contribution in [0.4, 0.5) is 0 Å². The molecule has 0 aliphatic rings. The molecule has 2 heterocycles. The van der Waals surface area contributed by atoms with Gasteiger partial charge in [-0.3, -0.25) is 0 Å². The van der Waals surface area contributed by atoms with Crippen molar-refractivity contribution < 1.29 is 4.42 Å². The third kappa shape index (κ3) is 2.77. The van der Waals surface area contributed by atoms with Crippen LogP contribution in [0.25, 0.3) is 77.0 Å². The zero-order chi connectivity index (χ0) is 23.6. The molecule has 0 aliphatic heterocycles. The maximum absolute atomic E-state index is 5.99. The van der Waals surface area contributed by atoms with Gasteiger partial charge in [0.05, 0.1) is 5.52 Å². The van der Waals surface area contributed by atoms with E-state index in [9.17, 15) is 0 Å². The van der Waals surface area contributed by atoms with Gasteiger partial charge in [-0.05, 0) is 63.7 Å². The monoisotopic (exact) mass is 460 g/mol. The van der Waals surface area contributed by atoms with Crippen molar-refractivity contribution in [2.75, 3.05) is 0 Å². The van der Waals surface area contributed by atoms with E-state index in [1.54, 1.807) is 0 Å². The van der Waals surface area contributed by atoms with Crippen LogP contribution >= 0.6 is 0 Å². The molecule has 0 amide bonds. The molecule has 0 fully saturated rings. The Morgan fingerprint density at radius 2 is 1.31 bits per heavy atom.